The first-order chi connectivity index (χ1) is 7.97. The van der Waals surface area contributed by atoms with Gasteiger partial charge in [-0.2, -0.15) is 0 Å². The Morgan fingerprint density at radius 1 is 1.35 bits per heavy atom. The monoisotopic (exact) mass is 262 g/mol. The predicted molar refractivity (Wildman–Crippen MR) is 68.1 cm³/mol. The second kappa shape index (κ2) is 7.24. The molecule has 0 bridgehead atoms. The zero-order valence-corrected chi connectivity index (χ0v) is 11.7. The van der Waals surface area contributed by atoms with Crippen LogP contribution in [0.5, 0.6) is 0 Å². The lowest BCUT2D eigenvalue weighted by molar-refractivity contribution is -0.178. The molecule has 1 rings (SSSR count). The molecule has 0 spiro atoms. The maximum atomic E-state index is 11.4. The molecule has 1 heterocycles. The zero-order chi connectivity index (χ0) is 12.7. The van der Waals surface area contributed by atoms with Gasteiger partial charge in [0, 0.05) is 6.42 Å². The number of ether oxygens (including phenoxy) is 3. The molecular formula is C12H22O4S. The van der Waals surface area contributed by atoms with Crippen LogP contribution in [0.3, 0.4) is 0 Å². The van der Waals surface area contributed by atoms with Gasteiger partial charge in [0.05, 0.1) is 19.0 Å². The molecule has 100 valence electrons. The van der Waals surface area contributed by atoms with Crippen molar-refractivity contribution in [3.63, 3.8) is 0 Å². The van der Waals surface area contributed by atoms with Crippen LogP contribution in [-0.4, -0.2) is 42.6 Å². The number of rotatable bonds is 5. The summed E-state index contributed by atoms with van der Waals surface area (Å²) in [6.45, 7) is 7.18. The van der Waals surface area contributed by atoms with E-state index in [9.17, 15) is 4.79 Å². The molecule has 1 aliphatic heterocycles. The van der Waals surface area contributed by atoms with Crippen LogP contribution in [0.25, 0.3) is 0 Å². The molecule has 0 N–H and O–H groups in total. The highest BCUT2D eigenvalue weighted by Crippen LogP contribution is 2.14. The number of carbonyl (C=O) groups excluding carboxylic acids is 1. The Hall–Kier alpha value is -0.260. The van der Waals surface area contributed by atoms with Crippen molar-refractivity contribution >= 4 is 17.7 Å². The molecule has 0 saturated carbocycles. The van der Waals surface area contributed by atoms with Crippen LogP contribution >= 0.6 is 11.8 Å². The Balaban J connectivity index is 2.01. The topological polar surface area (TPSA) is 44.8 Å². The Kier molecular flexibility index (Phi) is 6.30. The number of carbonyl (C=O) groups is 1. The van der Waals surface area contributed by atoms with E-state index >= 15 is 0 Å². The molecule has 17 heavy (non-hydrogen) atoms. The Labute approximate surface area is 107 Å². The molecule has 0 amide bonds. The van der Waals surface area contributed by atoms with Crippen molar-refractivity contribution in [1.82, 2.24) is 0 Å². The summed E-state index contributed by atoms with van der Waals surface area (Å²) < 4.78 is 16.0. The van der Waals surface area contributed by atoms with Gasteiger partial charge in [-0.05, 0) is 32.9 Å². The van der Waals surface area contributed by atoms with Crippen molar-refractivity contribution in [2.24, 2.45) is 0 Å². The number of hydrogen-bond donors (Lipinski definition) is 0. The van der Waals surface area contributed by atoms with Crippen molar-refractivity contribution in [1.29, 1.82) is 0 Å². The van der Waals surface area contributed by atoms with Crippen molar-refractivity contribution in [3.05, 3.63) is 0 Å². The van der Waals surface area contributed by atoms with E-state index in [2.05, 4.69) is 0 Å². The van der Waals surface area contributed by atoms with E-state index in [0.717, 1.165) is 31.8 Å². The van der Waals surface area contributed by atoms with E-state index < -0.39 is 5.60 Å². The van der Waals surface area contributed by atoms with Gasteiger partial charge < -0.3 is 14.2 Å². The third-order valence-electron chi connectivity index (χ3n) is 2.03. The summed E-state index contributed by atoms with van der Waals surface area (Å²) in [6, 6.07) is 0. The predicted octanol–water partition coefficient (Wildman–Crippen LogP) is 2.21. The van der Waals surface area contributed by atoms with Crippen LogP contribution in [0.2, 0.25) is 0 Å². The summed E-state index contributed by atoms with van der Waals surface area (Å²) in [4.78, 5) is 11.4. The highest BCUT2D eigenvalue weighted by Gasteiger charge is 2.17. The molecule has 0 aliphatic carbocycles. The van der Waals surface area contributed by atoms with Crippen molar-refractivity contribution in [2.75, 3.05) is 24.7 Å². The first-order valence-electron chi connectivity index (χ1n) is 6.00. The first kappa shape index (κ1) is 14.8. The van der Waals surface area contributed by atoms with Crippen molar-refractivity contribution in [3.8, 4) is 0 Å². The largest absolute Gasteiger partial charge is 0.459 e. The van der Waals surface area contributed by atoms with Gasteiger partial charge in [-0.15, -0.1) is 11.8 Å². The van der Waals surface area contributed by atoms with E-state index in [1.54, 1.807) is 11.8 Å². The fraction of sp³-hybridized carbons (Fsp3) is 0.917. The van der Waals surface area contributed by atoms with E-state index in [0.29, 0.717) is 5.75 Å². The summed E-state index contributed by atoms with van der Waals surface area (Å²) in [6.07, 6.45) is 1.71. The summed E-state index contributed by atoms with van der Waals surface area (Å²) >= 11 is 1.56. The van der Waals surface area contributed by atoms with E-state index in [1.165, 1.54) is 0 Å². The van der Waals surface area contributed by atoms with Gasteiger partial charge >= 0.3 is 5.97 Å². The second-order valence-electron chi connectivity index (χ2n) is 4.95. The molecule has 1 fully saturated rings. The average molecular weight is 262 g/mol. The number of hydrogen-bond acceptors (Lipinski definition) is 5. The molecule has 4 nitrogen and oxygen atoms in total. The lowest BCUT2D eigenvalue weighted by atomic mass is 10.2. The van der Waals surface area contributed by atoms with Crippen molar-refractivity contribution < 1.29 is 19.0 Å². The lowest BCUT2D eigenvalue weighted by Crippen LogP contribution is -2.26. The Bertz CT molecular complexity index is 231. The summed E-state index contributed by atoms with van der Waals surface area (Å²) in [5.74, 6) is 1.08. The standard InChI is InChI=1S/C12H22O4S/c1-12(2,3)16-10(13)9-17-8-5-11-14-6-4-7-15-11/h11H,4-9H2,1-3H3. The minimum Gasteiger partial charge on any atom is -0.459 e. The molecule has 0 unspecified atom stereocenters. The van der Waals surface area contributed by atoms with Gasteiger partial charge in [0.1, 0.15) is 5.60 Å². The minimum atomic E-state index is -0.396. The smallest absolute Gasteiger partial charge is 0.316 e. The number of esters is 1. The van der Waals surface area contributed by atoms with E-state index in [-0.39, 0.29) is 12.3 Å². The fourth-order valence-electron chi connectivity index (χ4n) is 1.41. The highest BCUT2D eigenvalue weighted by molar-refractivity contribution is 7.99. The Morgan fingerprint density at radius 3 is 2.59 bits per heavy atom. The Morgan fingerprint density at radius 2 is 2.00 bits per heavy atom. The van der Waals surface area contributed by atoms with Crippen LogP contribution in [0, 0.1) is 0 Å². The lowest BCUT2D eigenvalue weighted by Gasteiger charge is -2.23. The third kappa shape index (κ3) is 7.63. The van der Waals surface area contributed by atoms with Crippen LogP contribution in [0.1, 0.15) is 33.6 Å². The SMILES string of the molecule is CC(C)(C)OC(=O)CSCCC1OCCCO1. The minimum absolute atomic E-state index is 0.0881. The molecule has 0 aromatic rings. The first-order valence-corrected chi connectivity index (χ1v) is 7.15. The van der Waals surface area contributed by atoms with E-state index in [4.69, 9.17) is 14.2 Å². The zero-order valence-electron chi connectivity index (χ0n) is 10.9. The van der Waals surface area contributed by atoms with Gasteiger partial charge in [0.25, 0.3) is 0 Å². The van der Waals surface area contributed by atoms with Gasteiger partial charge in [-0.3, -0.25) is 4.79 Å². The van der Waals surface area contributed by atoms with Gasteiger partial charge in [0.15, 0.2) is 6.29 Å². The molecule has 5 heteroatoms. The van der Waals surface area contributed by atoms with Crippen molar-refractivity contribution in [2.45, 2.75) is 45.5 Å². The normalized spacial score (nSPS) is 18.1. The molecule has 1 saturated heterocycles. The second-order valence-corrected chi connectivity index (χ2v) is 6.06. The average Bonchev–Trinajstić information content (AvgIpc) is 2.23. The molecule has 1 aliphatic rings. The quantitative estimate of drug-likeness (QED) is 0.561. The van der Waals surface area contributed by atoms with Gasteiger partial charge in [-0.1, -0.05) is 0 Å². The summed E-state index contributed by atoms with van der Waals surface area (Å²) in [5, 5.41) is 0. The highest BCUT2D eigenvalue weighted by atomic mass is 32.2. The maximum Gasteiger partial charge on any atom is 0.316 e. The molecular weight excluding hydrogens is 240 g/mol. The molecule has 0 atom stereocenters. The number of thioether (sulfide) groups is 1. The van der Waals surface area contributed by atoms with E-state index in [1.807, 2.05) is 20.8 Å². The molecule has 0 aromatic carbocycles. The van der Waals surface area contributed by atoms with Crippen LogP contribution in [0.4, 0.5) is 0 Å². The van der Waals surface area contributed by atoms with Crippen LogP contribution in [0.15, 0.2) is 0 Å². The molecule has 0 aromatic heterocycles. The maximum absolute atomic E-state index is 11.4. The van der Waals surface area contributed by atoms with Gasteiger partial charge in [0.2, 0.25) is 0 Å². The summed E-state index contributed by atoms with van der Waals surface area (Å²) in [7, 11) is 0. The fourth-order valence-corrected chi connectivity index (χ4v) is 2.14. The van der Waals surface area contributed by atoms with Crippen LogP contribution in [-0.2, 0) is 19.0 Å². The molecule has 0 radical (unpaired) electrons. The third-order valence-corrected chi connectivity index (χ3v) is 3.00. The van der Waals surface area contributed by atoms with Crippen LogP contribution < -0.4 is 0 Å². The summed E-state index contributed by atoms with van der Waals surface area (Å²) in [5.41, 5.74) is -0.396. The van der Waals surface area contributed by atoms with Gasteiger partial charge in [-0.25, -0.2) is 0 Å².